The molecule has 25 heavy (non-hydrogen) atoms. The third-order valence-electron chi connectivity index (χ3n) is 3.25. The van der Waals surface area contributed by atoms with Crippen LogP contribution in [0.3, 0.4) is 0 Å². The molecular formula is C18H19BrN2O3S. The van der Waals surface area contributed by atoms with Gasteiger partial charge >= 0.3 is 0 Å². The number of benzene rings is 2. The second kappa shape index (κ2) is 10.1. The third-order valence-corrected chi connectivity index (χ3v) is 4.74. The van der Waals surface area contributed by atoms with E-state index in [4.69, 9.17) is 9.47 Å². The number of methoxy groups -OCH3 is 2. The molecule has 0 radical (unpaired) electrons. The van der Waals surface area contributed by atoms with Gasteiger partial charge in [0, 0.05) is 15.8 Å². The maximum Gasteiger partial charge on any atom is 0.250 e. The number of hydrogen-bond acceptors (Lipinski definition) is 5. The van der Waals surface area contributed by atoms with E-state index in [0.717, 1.165) is 27.1 Å². The lowest BCUT2D eigenvalue weighted by atomic mass is 10.2. The highest BCUT2D eigenvalue weighted by Crippen LogP contribution is 2.21. The fourth-order valence-corrected chi connectivity index (χ4v) is 3.15. The number of hydrazone groups is 1. The SMILES string of the molecule is COc1ccc(CSCC(=O)N/N=C/c2cc(Br)ccc2OC)cc1. The van der Waals surface area contributed by atoms with E-state index in [1.54, 1.807) is 20.4 Å². The standard InChI is InChI=1S/C18H19BrN2O3S/c1-23-16-6-3-13(4-7-16)11-25-12-18(22)21-20-10-14-9-15(19)5-8-17(14)24-2/h3-10H,11-12H2,1-2H3,(H,21,22)/b20-10+. The molecule has 2 rings (SSSR count). The number of halogens is 1. The first-order valence-electron chi connectivity index (χ1n) is 7.48. The van der Waals surface area contributed by atoms with Crippen molar-refractivity contribution in [3.8, 4) is 11.5 Å². The van der Waals surface area contributed by atoms with E-state index in [1.165, 1.54) is 11.8 Å². The van der Waals surface area contributed by atoms with Gasteiger partial charge in [0.2, 0.25) is 5.91 Å². The van der Waals surface area contributed by atoms with Crippen molar-refractivity contribution in [3.63, 3.8) is 0 Å². The lowest BCUT2D eigenvalue weighted by molar-refractivity contribution is -0.118. The Labute approximate surface area is 159 Å². The van der Waals surface area contributed by atoms with E-state index < -0.39 is 0 Å². The monoisotopic (exact) mass is 422 g/mol. The molecule has 1 N–H and O–H groups in total. The highest BCUT2D eigenvalue weighted by molar-refractivity contribution is 9.10. The third kappa shape index (κ3) is 6.43. The first kappa shape index (κ1) is 19.3. The van der Waals surface area contributed by atoms with Crippen molar-refractivity contribution >= 4 is 39.8 Å². The molecule has 0 unspecified atom stereocenters. The Morgan fingerprint density at radius 2 is 1.96 bits per heavy atom. The van der Waals surface area contributed by atoms with Crippen LogP contribution in [0.25, 0.3) is 0 Å². The van der Waals surface area contributed by atoms with Gasteiger partial charge in [-0.15, -0.1) is 11.8 Å². The zero-order valence-electron chi connectivity index (χ0n) is 14.0. The molecule has 0 spiro atoms. The van der Waals surface area contributed by atoms with Crippen LogP contribution in [0, 0.1) is 0 Å². The number of carbonyl (C=O) groups is 1. The van der Waals surface area contributed by atoms with Gasteiger partial charge in [0.15, 0.2) is 0 Å². The molecule has 0 bridgehead atoms. The van der Waals surface area contributed by atoms with Gasteiger partial charge in [0.25, 0.3) is 0 Å². The van der Waals surface area contributed by atoms with Gasteiger partial charge in [-0.1, -0.05) is 28.1 Å². The van der Waals surface area contributed by atoms with Crippen LogP contribution in [0.5, 0.6) is 11.5 Å². The van der Waals surface area contributed by atoms with Gasteiger partial charge in [-0.3, -0.25) is 4.79 Å². The minimum Gasteiger partial charge on any atom is -0.497 e. The van der Waals surface area contributed by atoms with E-state index in [1.807, 2.05) is 42.5 Å². The summed E-state index contributed by atoms with van der Waals surface area (Å²) in [6.07, 6.45) is 1.57. The average Bonchev–Trinajstić information content (AvgIpc) is 2.62. The van der Waals surface area contributed by atoms with Crippen LogP contribution >= 0.6 is 27.7 Å². The molecule has 7 heteroatoms. The molecule has 0 saturated carbocycles. The Balaban J connectivity index is 1.77. The maximum absolute atomic E-state index is 11.8. The van der Waals surface area contributed by atoms with Crippen LogP contribution in [0.2, 0.25) is 0 Å². The number of rotatable bonds is 8. The zero-order chi connectivity index (χ0) is 18.1. The molecule has 0 saturated heterocycles. The quantitative estimate of drug-likeness (QED) is 0.518. The summed E-state index contributed by atoms with van der Waals surface area (Å²) in [4.78, 5) is 11.8. The predicted octanol–water partition coefficient (Wildman–Crippen LogP) is 3.85. The topological polar surface area (TPSA) is 59.9 Å². The van der Waals surface area contributed by atoms with Gasteiger partial charge in [0.1, 0.15) is 11.5 Å². The highest BCUT2D eigenvalue weighted by atomic mass is 79.9. The molecule has 0 fully saturated rings. The summed E-state index contributed by atoms with van der Waals surface area (Å²) in [6, 6.07) is 13.4. The van der Waals surface area contributed by atoms with Gasteiger partial charge < -0.3 is 9.47 Å². The van der Waals surface area contributed by atoms with Crippen molar-refractivity contribution in [2.75, 3.05) is 20.0 Å². The van der Waals surface area contributed by atoms with E-state index in [2.05, 4.69) is 26.5 Å². The first-order valence-corrected chi connectivity index (χ1v) is 9.43. The highest BCUT2D eigenvalue weighted by Gasteiger charge is 2.03. The van der Waals surface area contributed by atoms with E-state index in [0.29, 0.717) is 11.5 Å². The lowest BCUT2D eigenvalue weighted by Gasteiger charge is -2.05. The molecule has 2 aromatic rings. The number of nitrogens with zero attached hydrogens (tertiary/aromatic N) is 1. The number of hydrogen-bond donors (Lipinski definition) is 1. The van der Waals surface area contributed by atoms with Crippen LogP contribution in [0.4, 0.5) is 0 Å². The van der Waals surface area contributed by atoms with Crippen LogP contribution in [-0.2, 0) is 10.5 Å². The van der Waals surface area contributed by atoms with E-state index in [-0.39, 0.29) is 5.91 Å². The Morgan fingerprint density at radius 1 is 1.20 bits per heavy atom. The van der Waals surface area contributed by atoms with E-state index >= 15 is 0 Å². The van der Waals surface area contributed by atoms with Crippen molar-refractivity contribution in [2.24, 2.45) is 5.10 Å². The van der Waals surface area contributed by atoms with Crippen molar-refractivity contribution < 1.29 is 14.3 Å². The second-order valence-corrected chi connectivity index (χ2v) is 6.92. The Morgan fingerprint density at radius 3 is 2.64 bits per heavy atom. The minimum absolute atomic E-state index is 0.149. The van der Waals surface area contributed by atoms with Crippen molar-refractivity contribution in [1.82, 2.24) is 5.43 Å². The summed E-state index contributed by atoms with van der Waals surface area (Å²) in [5.74, 6) is 2.45. The summed E-state index contributed by atoms with van der Waals surface area (Å²) in [6.45, 7) is 0. The van der Waals surface area contributed by atoms with Crippen LogP contribution in [0.15, 0.2) is 52.0 Å². The molecule has 132 valence electrons. The van der Waals surface area contributed by atoms with Gasteiger partial charge in [-0.05, 0) is 35.9 Å². The summed E-state index contributed by atoms with van der Waals surface area (Å²) in [7, 11) is 3.23. The number of thioether (sulfide) groups is 1. The van der Waals surface area contributed by atoms with Crippen molar-refractivity contribution in [2.45, 2.75) is 5.75 Å². The first-order chi connectivity index (χ1) is 12.1. The summed E-state index contributed by atoms with van der Waals surface area (Å²) in [5.41, 5.74) is 4.45. The largest absolute Gasteiger partial charge is 0.497 e. The van der Waals surface area contributed by atoms with Gasteiger partial charge in [0.05, 0.1) is 26.2 Å². The van der Waals surface area contributed by atoms with Crippen molar-refractivity contribution in [3.05, 3.63) is 58.1 Å². The van der Waals surface area contributed by atoms with E-state index in [9.17, 15) is 4.79 Å². The fourth-order valence-electron chi connectivity index (χ4n) is 2.00. The maximum atomic E-state index is 11.8. The Hall–Kier alpha value is -1.99. The molecule has 0 aromatic heterocycles. The van der Waals surface area contributed by atoms with Gasteiger partial charge in [-0.25, -0.2) is 5.43 Å². The second-order valence-electron chi connectivity index (χ2n) is 5.02. The van der Waals surface area contributed by atoms with Gasteiger partial charge in [-0.2, -0.15) is 5.10 Å². The minimum atomic E-state index is -0.149. The number of ether oxygens (including phenoxy) is 2. The van der Waals surface area contributed by atoms with Crippen molar-refractivity contribution in [1.29, 1.82) is 0 Å². The lowest BCUT2D eigenvalue weighted by Crippen LogP contribution is -2.19. The molecule has 1 amide bonds. The normalized spacial score (nSPS) is 10.7. The molecule has 0 atom stereocenters. The molecule has 0 aliphatic heterocycles. The number of nitrogens with one attached hydrogen (secondary N) is 1. The fraction of sp³-hybridized carbons (Fsp3) is 0.222. The van der Waals surface area contributed by atoms with Crippen LogP contribution in [-0.4, -0.2) is 32.1 Å². The van der Waals surface area contributed by atoms with Crippen LogP contribution in [0.1, 0.15) is 11.1 Å². The predicted molar refractivity (Wildman–Crippen MR) is 106 cm³/mol. The zero-order valence-corrected chi connectivity index (χ0v) is 16.4. The summed E-state index contributed by atoms with van der Waals surface area (Å²) in [5, 5.41) is 3.98. The molecule has 5 nitrogen and oxygen atoms in total. The molecule has 0 heterocycles. The number of carbonyl (C=O) groups excluding carboxylic acids is 1. The Kier molecular flexibility index (Phi) is 7.81. The molecule has 0 aliphatic rings. The molecular weight excluding hydrogens is 404 g/mol. The Bertz CT molecular complexity index is 736. The average molecular weight is 423 g/mol. The smallest absolute Gasteiger partial charge is 0.250 e. The molecule has 0 aliphatic carbocycles. The molecule has 2 aromatic carbocycles. The van der Waals surface area contributed by atoms with Crippen LogP contribution < -0.4 is 14.9 Å². The summed E-state index contributed by atoms with van der Waals surface area (Å²) >= 11 is 4.92. The number of amides is 1. The summed E-state index contributed by atoms with van der Waals surface area (Å²) < 4.78 is 11.3.